The molecule has 1 saturated heterocycles. The van der Waals surface area contributed by atoms with E-state index in [9.17, 15) is 13.2 Å². The molecule has 1 fully saturated rings. The summed E-state index contributed by atoms with van der Waals surface area (Å²) in [5.41, 5.74) is -0.766. The van der Waals surface area contributed by atoms with Gasteiger partial charge in [0.05, 0.1) is 18.7 Å². The molecule has 1 unspecified atom stereocenters. The minimum atomic E-state index is -4.43. The number of nitrogens with one attached hydrogen (secondary N) is 1. The van der Waals surface area contributed by atoms with Crippen molar-refractivity contribution in [1.82, 2.24) is 10.2 Å². The maximum Gasteiger partial charge on any atom is 0.419 e. The lowest BCUT2D eigenvalue weighted by Gasteiger charge is -2.21. The Hall–Kier alpha value is -1.96. The summed E-state index contributed by atoms with van der Waals surface area (Å²) in [5, 5.41) is 3.22. The fraction of sp³-hybridized carbons (Fsp3) is 0.611. The molecular formula is C18H26F3N3O2. The van der Waals surface area contributed by atoms with E-state index >= 15 is 0 Å². The highest BCUT2D eigenvalue weighted by Crippen LogP contribution is 2.35. The number of guanidine groups is 1. The third-order valence-corrected chi connectivity index (χ3v) is 4.13. The van der Waals surface area contributed by atoms with Gasteiger partial charge in [0.25, 0.3) is 0 Å². The van der Waals surface area contributed by atoms with Crippen molar-refractivity contribution in [2.45, 2.75) is 19.5 Å². The van der Waals surface area contributed by atoms with Crippen LogP contribution in [-0.4, -0.2) is 57.4 Å². The molecule has 0 spiro atoms. The molecule has 1 heterocycles. The van der Waals surface area contributed by atoms with Gasteiger partial charge in [-0.1, -0.05) is 12.1 Å². The highest BCUT2D eigenvalue weighted by Gasteiger charge is 2.34. The van der Waals surface area contributed by atoms with Gasteiger partial charge in [-0.15, -0.1) is 0 Å². The lowest BCUT2D eigenvalue weighted by Crippen LogP contribution is -2.40. The number of alkyl halides is 3. The number of rotatable bonds is 7. The Labute approximate surface area is 152 Å². The second kappa shape index (κ2) is 9.66. The zero-order chi connectivity index (χ0) is 19.0. The lowest BCUT2D eigenvalue weighted by atomic mass is 10.1. The van der Waals surface area contributed by atoms with Crippen LogP contribution in [0.4, 0.5) is 13.2 Å². The van der Waals surface area contributed by atoms with E-state index in [4.69, 9.17) is 9.47 Å². The first-order valence-electron chi connectivity index (χ1n) is 8.77. The van der Waals surface area contributed by atoms with Crippen LogP contribution < -0.4 is 10.1 Å². The Morgan fingerprint density at radius 3 is 2.81 bits per heavy atom. The van der Waals surface area contributed by atoms with Crippen molar-refractivity contribution >= 4 is 5.96 Å². The molecule has 2 rings (SSSR count). The zero-order valence-electron chi connectivity index (χ0n) is 15.2. The highest BCUT2D eigenvalue weighted by molar-refractivity contribution is 5.80. The Bertz CT molecular complexity index is 593. The molecule has 0 amide bonds. The van der Waals surface area contributed by atoms with Crippen LogP contribution in [0.2, 0.25) is 0 Å². The number of para-hydroxylation sites is 1. The monoisotopic (exact) mass is 373 g/mol. The minimum absolute atomic E-state index is 0.0807. The van der Waals surface area contributed by atoms with E-state index in [1.54, 1.807) is 7.11 Å². The van der Waals surface area contributed by atoms with Crippen LogP contribution in [0.3, 0.4) is 0 Å². The molecule has 0 radical (unpaired) electrons. The number of methoxy groups -OCH3 is 1. The van der Waals surface area contributed by atoms with Gasteiger partial charge in [-0.25, -0.2) is 4.99 Å². The number of ether oxygens (including phenoxy) is 2. The van der Waals surface area contributed by atoms with Crippen LogP contribution in [-0.2, 0) is 10.9 Å². The maximum absolute atomic E-state index is 13.0. The summed E-state index contributed by atoms with van der Waals surface area (Å²) in [6.07, 6.45) is -3.39. The fourth-order valence-corrected chi connectivity index (χ4v) is 2.96. The minimum Gasteiger partial charge on any atom is -0.491 e. The van der Waals surface area contributed by atoms with Gasteiger partial charge in [-0.3, -0.25) is 0 Å². The molecule has 0 saturated carbocycles. The zero-order valence-corrected chi connectivity index (χ0v) is 15.2. The largest absolute Gasteiger partial charge is 0.491 e. The fourth-order valence-electron chi connectivity index (χ4n) is 2.96. The summed E-state index contributed by atoms with van der Waals surface area (Å²) in [6, 6.07) is 5.22. The molecule has 26 heavy (non-hydrogen) atoms. The molecule has 5 nitrogen and oxygen atoms in total. The number of benzene rings is 1. The normalized spacial score (nSPS) is 18.3. The number of halogens is 3. The molecule has 146 valence electrons. The van der Waals surface area contributed by atoms with Crippen LogP contribution in [0.25, 0.3) is 0 Å². The van der Waals surface area contributed by atoms with Gasteiger partial charge in [0, 0.05) is 32.7 Å². The van der Waals surface area contributed by atoms with Gasteiger partial charge < -0.3 is 19.7 Å². The van der Waals surface area contributed by atoms with Crippen molar-refractivity contribution in [2.75, 3.05) is 46.5 Å². The number of nitrogens with zero attached hydrogens (tertiary/aromatic N) is 2. The van der Waals surface area contributed by atoms with Gasteiger partial charge >= 0.3 is 6.18 Å². The van der Waals surface area contributed by atoms with E-state index in [1.807, 2.05) is 6.92 Å². The van der Waals surface area contributed by atoms with E-state index in [1.165, 1.54) is 18.2 Å². The molecule has 1 aliphatic rings. The van der Waals surface area contributed by atoms with E-state index in [0.717, 1.165) is 38.1 Å². The number of hydrogen-bond donors (Lipinski definition) is 1. The van der Waals surface area contributed by atoms with Gasteiger partial charge in [0.1, 0.15) is 12.4 Å². The van der Waals surface area contributed by atoms with Crippen LogP contribution in [0, 0.1) is 5.92 Å². The summed E-state index contributed by atoms with van der Waals surface area (Å²) in [7, 11) is 1.69. The first kappa shape index (κ1) is 20.4. The molecular weight excluding hydrogens is 347 g/mol. The van der Waals surface area contributed by atoms with Crippen LogP contribution in [0.1, 0.15) is 18.9 Å². The molecule has 0 aromatic heterocycles. The first-order chi connectivity index (χ1) is 12.5. The van der Waals surface area contributed by atoms with Crippen LogP contribution in [0.5, 0.6) is 5.75 Å². The number of aliphatic imine (C=N–C) groups is 1. The Morgan fingerprint density at radius 2 is 2.12 bits per heavy atom. The van der Waals surface area contributed by atoms with Crippen molar-refractivity contribution in [3.05, 3.63) is 29.8 Å². The highest BCUT2D eigenvalue weighted by atomic mass is 19.4. The maximum atomic E-state index is 13.0. The Balaban J connectivity index is 1.91. The molecule has 1 aliphatic heterocycles. The summed E-state index contributed by atoms with van der Waals surface area (Å²) in [5.74, 6) is 1.07. The first-order valence-corrected chi connectivity index (χ1v) is 8.77. The summed E-state index contributed by atoms with van der Waals surface area (Å²) < 4.78 is 49.4. The summed E-state index contributed by atoms with van der Waals surface area (Å²) >= 11 is 0. The van der Waals surface area contributed by atoms with E-state index in [0.29, 0.717) is 12.5 Å². The number of hydrogen-bond acceptors (Lipinski definition) is 3. The van der Waals surface area contributed by atoms with E-state index in [2.05, 4.69) is 15.2 Å². The second-order valence-corrected chi connectivity index (χ2v) is 6.13. The summed E-state index contributed by atoms with van der Waals surface area (Å²) in [4.78, 5) is 6.63. The average Bonchev–Trinajstić information content (AvgIpc) is 3.06. The Kier molecular flexibility index (Phi) is 7.56. The second-order valence-electron chi connectivity index (χ2n) is 6.13. The van der Waals surface area contributed by atoms with Crippen LogP contribution in [0.15, 0.2) is 29.3 Å². The van der Waals surface area contributed by atoms with E-state index in [-0.39, 0.29) is 18.9 Å². The number of likely N-dealkylation sites (tertiary alicyclic amines) is 1. The third-order valence-electron chi connectivity index (χ3n) is 4.13. The predicted molar refractivity (Wildman–Crippen MR) is 94.5 cm³/mol. The van der Waals surface area contributed by atoms with Crippen molar-refractivity contribution < 1.29 is 22.6 Å². The summed E-state index contributed by atoms with van der Waals surface area (Å²) in [6.45, 7) is 5.52. The van der Waals surface area contributed by atoms with Gasteiger partial charge in [-0.05, 0) is 25.5 Å². The van der Waals surface area contributed by atoms with Gasteiger partial charge in [-0.2, -0.15) is 13.2 Å². The molecule has 1 atom stereocenters. The molecule has 1 aromatic carbocycles. The van der Waals surface area contributed by atoms with Crippen molar-refractivity contribution in [3.8, 4) is 5.75 Å². The topological polar surface area (TPSA) is 46.1 Å². The van der Waals surface area contributed by atoms with Crippen molar-refractivity contribution in [3.63, 3.8) is 0 Å². The van der Waals surface area contributed by atoms with Gasteiger partial charge in [0.15, 0.2) is 5.96 Å². The van der Waals surface area contributed by atoms with Crippen molar-refractivity contribution in [1.29, 1.82) is 0 Å². The average molecular weight is 373 g/mol. The van der Waals surface area contributed by atoms with Crippen molar-refractivity contribution in [2.24, 2.45) is 10.9 Å². The Morgan fingerprint density at radius 1 is 1.35 bits per heavy atom. The standard InChI is InChI=1S/C18H26F3N3O2/c1-3-22-17(24-10-8-14(12-24)13-25-2)23-9-11-26-16-7-5-4-6-15(16)18(19,20)21/h4-7,14H,3,8-13H2,1-2H3,(H,22,23). The molecule has 0 aliphatic carbocycles. The lowest BCUT2D eigenvalue weighted by molar-refractivity contribution is -0.138. The molecule has 8 heteroatoms. The van der Waals surface area contributed by atoms with Gasteiger partial charge in [0.2, 0.25) is 0 Å². The third kappa shape index (κ3) is 5.79. The predicted octanol–water partition coefficient (Wildman–Crippen LogP) is 3.02. The molecule has 1 aromatic rings. The quantitative estimate of drug-likeness (QED) is 0.453. The molecule has 1 N–H and O–H groups in total. The smallest absolute Gasteiger partial charge is 0.419 e. The van der Waals surface area contributed by atoms with E-state index < -0.39 is 11.7 Å². The SMILES string of the molecule is CCNC(=NCCOc1ccccc1C(F)(F)F)N1CCC(COC)C1. The molecule has 0 bridgehead atoms. The van der Waals surface area contributed by atoms with Crippen LogP contribution >= 0.6 is 0 Å².